The van der Waals surface area contributed by atoms with Crippen molar-refractivity contribution in [2.45, 2.75) is 38.7 Å². The highest BCUT2D eigenvalue weighted by atomic mass is 32.3. The molecule has 0 aromatic heterocycles. The second-order valence-corrected chi connectivity index (χ2v) is 14.5. The molecule has 0 bridgehead atoms. The van der Waals surface area contributed by atoms with Gasteiger partial charge in [-0.25, -0.2) is 21.1 Å². The van der Waals surface area contributed by atoms with Gasteiger partial charge in [-0.05, 0) is 38.3 Å². The van der Waals surface area contributed by atoms with Crippen LogP contribution < -0.4 is 4.90 Å². The number of anilines is 1. The summed E-state index contributed by atoms with van der Waals surface area (Å²) in [6.07, 6.45) is 2.89. The van der Waals surface area contributed by atoms with Crippen LogP contribution in [-0.2, 0) is 29.4 Å². The zero-order chi connectivity index (χ0) is 24.6. The van der Waals surface area contributed by atoms with Gasteiger partial charge in [0, 0.05) is 64.2 Å². The maximum Gasteiger partial charge on any atom is 0.312 e. The lowest BCUT2D eigenvalue weighted by molar-refractivity contribution is -0.150. The Kier molecular flexibility index (Phi) is 7.29. The number of aryl methyl sites for hydroxylation is 1. The van der Waals surface area contributed by atoms with E-state index >= 15 is 0 Å². The van der Waals surface area contributed by atoms with Crippen LogP contribution in [0.25, 0.3) is 0 Å². The Morgan fingerprint density at radius 1 is 0.971 bits per heavy atom. The number of benzene rings is 1. The van der Waals surface area contributed by atoms with Gasteiger partial charge in [-0.15, -0.1) is 0 Å². The topological polar surface area (TPSA) is 104 Å². The van der Waals surface area contributed by atoms with Crippen molar-refractivity contribution in [3.05, 3.63) is 29.8 Å². The Morgan fingerprint density at radius 2 is 1.59 bits per heavy atom. The summed E-state index contributed by atoms with van der Waals surface area (Å²) in [6.45, 7) is 7.13. The average molecular weight is 514 g/mol. The summed E-state index contributed by atoms with van der Waals surface area (Å²) in [4.78, 5) is 17.5. The van der Waals surface area contributed by atoms with Crippen molar-refractivity contribution in [2.75, 3.05) is 62.1 Å². The third kappa shape index (κ3) is 5.92. The quantitative estimate of drug-likeness (QED) is 0.502. The Bertz CT molecular complexity index is 1090. The first-order valence-electron chi connectivity index (χ1n) is 11.9. The molecule has 3 fully saturated rings. The molecule has 3 aliphatic heterocycles. The summed E-state index contributed by atoms with van der Waals surface area (Å²) in [5.74, 6) is -0.234. The Balaban J connectivity index is 1.24. The predicted molar refractivity (Wildman–Crippen MR) is 131 cm³/mol. The number of carbonyl (C=O) groups excluding carboxylic acids is 1. The van der Waals surface area contributed by atoms with E-state index in [1.807, 2.05) is 0 Å². The van der Waals surface area contributed by atoms with Crippen molar-refractivity contribution >= 4 is 31.5 Å². The molecule has 0 amide bonds. The number of esters is 1. The fraction of sp³-hybridized carbons (Fsp3) is 0.696. The number of piperazine rings is 1. The first-order chi connectivity index (χ1) is 16.0. The van der Waals surface area contributed by atoms with Gasteiger partial charge < -0.3 is 9.64 Å². The highest BCUT2D eigenvalue weighted by molar-refractivity contribution is 8.06. The highest BCUT2D eigenvalue weighted by Gasteiger charge is 2.51. The molecule has 0 saturated carbocycles. The van der Waals surface area contributed by atoms with Crippen molar-refractivity contribution in [1.82, 2.24) is 9.21 Å². The summed E-state index contributed by atoms with van der Waals surface area (Å²) < 4.78 is 54.6. The van der Waals surface area contributed by atoms with Gasteiger partial charge in [0.2, 0.25) is 10.0 Å². The number of cyclic esters (lactones) is 1. The van der Waals surface area contributed by atoms with E-state index in [4.69, 9.17) is 4.74 Å². The van der Waals surface area contributed by atoms with Crippen LogP contribution in [0, 0.1) is 12.3 Å². The molecule has 3 heterocycles. The first kappa shape index (κ1) is 25.4. The Labute approximate surface area is 203 Å². The Morgan fingerprint density at radius 3 is 2.18 bits per heavy atom. The number of hydrogen-bond acceptors (Lipinski definition) is 8. The fourth-order valence-electron chi connectivity index (χ4n) is 5.26. The third-order valence-electron chi connectivity index (χ3n) is 7.30. The molecule has 1 spiro atoms. The number of carbonyl (C=O) groups is 1. The number of piperidine rings is 1. The van der Waals surface area contributed by atoms with Crippen LogP contribution >= 0.6 is 0 Å². The van der Waals surface area contributed by atoms with Gasteiger partial charge in [0.15, 0.2) is 14.9 Å². The molecule has 34 heavy (non-hydrogen) atoms. The van der Waals surface area contributed by atoms with Crippen LogP contribution in [-0.4, -0.2) is 95.3 Å². The molecule has 3 aliphatic rings. The van der Waals surface area contributed by atoms with E-state index in [2.05, 4.69) is 41.0 Å². The lowest BCUT2D eigenvalue weighted by atomic mass is 9.76. The van der Waals surface area contributed by atoms with Crippen molar-refractivity contribution in [3.63, 3.8) is 0 Å². The largest absolute Gasteiger partial charge is 0.462 e. The van der Waals surface area contributed by atoms with Gasteiger partial charge in [-0.3, -0.25) is 9.69 Å². The average Bonchev–Trinajstić information content (AvgIpc) is 3.06. The summed E-state index contributed by atoms with van der Waals surface area (Å²) in [7, 11) is -7.53. The zero-order valence-electron chi connectivity index (χ0n) is 20.0. The summed E-state index contributed by atoms with van der Waals surface area (Å²) in [6, 6.07) is 8.61. The van der Waals surface area contributed by atoms with Gasteiger partial charge in [-0.1, -0.05) is 17.7 Å². The van der Waals surface area contributed by atoms with Crippen LogP contribution in [0.1, 0.15) is 31.2 Å². The van der Waals surface area contributed by atoms with Gasteiger partial charge in [0.05, 0.1) is 5.41 Å². The van der Waals surface area contributed by atoms with Crippen LogP contribution in [0.4, 0.5) is 5.69 Å². The lowest BCUT2D eigenvalue weighted by Crippen LogP contribution is -2.47. The normalized spacial score (nSPS) is 24.5. The van der Waals surface area contributed by atoms with Crippen LogP contribution in [0.2, 0.25) is 0 Å². The molecule has 0 radical (unpaired) electrons. The minimum Gasteiger partial charge on any atom is -0.462 e. The number of hydrogen-bond donors (Lipinski definition) is 0. The molecule has 1 aromatic carbocycles. The minimum absolute atomic E-state index is 0.151. The number of ether oxygens (including phenoxy) is 1. The van der Waals surface area contributed by atoms with Gasteiger partial charge >= 0.3 is 5.97 Å². The molecule has 0 aliphatic carbocycles. The summed E-state index contributed by atoms with van der Waals surface area (Å²) >= 11 is 0. The maximum atomic E-state index is 12.7. The van der Waals surface area contributed by atoms with Crippen LogP contribution in [0.3, 0.4) is 0 Å². The number of sulfonamides is 1. The van der Waals surface area contributed by atoms with Gasteiger partial charge in [0.25, 0.3) is 0 Å². The smallest absolute Gasteiger partial charge is 0.312 e. The van der Waals surface area contributed by atoms with Gasteiger partial charge in [-0.2, -0.15) is 0 Å². The van der Waals surface area contributed by atoms with Crippen molar-refractivity contribution in [2.24, 2.45) is 5.41 Å². The van der Waals surface area contributed by atoms with E-state index in [-0.39, 0.29) is 25.2 Å². The predicted octanol–water partition coefficient (Wildman–Crippen LogP) is 1.24. The molecule has 4 rings (SSSR count). The summed E-state index contributed by atoms with van der Waals surface area (Å²) in [5, 5.41) is -0.892. The first-order valence-corrected chi connectivity index (χ1v) is 15.5. The van der Waals surface area contributed by atoms with Crippen molar-refractivity contribution in [3.8, 4) is 0 Å². The molecule has 9 nitrogen and oxygen atoms in total. The number of rotatable bonds is 7. The van der Waals surface area contributed by atoms with Crippen molar-refractivity contribution in [1.29, 1.82) is 0 Å². The molecule has 3 saturated heterocycles. The van der Waals surface area contributed by atoms with E-state index in [0.717, 1.165) is 45.4 Å². The third-order valence-corrected chi connectivity index (χ3v) is 11.4. The molecular weight excluding hydrogens is 478 g/mol. The Hall–Kier alpha value is -1.69. The van der Waals surface area contributed by atoms with E-state index in [1.54, 1.807) is 0 Å². The monoisotopic (exact) mass is 513 g/mol. The molecule has 1 atom stereocenters. The highest BCUT2D eigenvalue weighted by Crippen LogP contribution is 2.44. The standard InChI is InChI=1S/C23H35N3O6S2/c1-19-3-5-20(6-4-19)25-15-13-24(14-16-25)10-7-21-17-23(22(27)32-21)8-11-26(12-9-23)34(30,31)18-33(2,28)29/h3-6,21H,7-18H2,1-2H3. The molecule has 0 N–H and O–H groups in total. The van der Waals surface area contributed by atoms with Crippen LogP contribution in [0.15, 0.2) is 24.3 Å². The van der Waals surface area contributed by atoms with E-state index in [0.29, 0.717) is 19.3 Å². The van der Waals surface area contributed by atoms with Gasteiger partial charge in [0.1, 0.15) is 6.10 Å². The second kappa shape index (κ2) is 9.75. The molecular formula is C23H35N3O6S2. The van der Waals surface area contributed by atoms with Crippen LogP contribution in [0.5, 0.6) is 0 Å². The molecule has 1 unspecified atom stereocenters. The SMILES string of the molecule is Cc1ccc(N2CCN(CCC3CC4(CCN(S(=O)(=O)CS(C)(=O)=O)CC4)C(=O)O3)CC2)cc1. The lowest BCUT2D eigenvalue weighted by Gasteiger charge is -2.36. The van der Waals surface area contributed by atoms with E-state index < -0.39 is 30.4 Å². The maximum absolute atomic E-state index is 12.7. The summed E-state index contributed by atoms with van der Waals surface area (Å²) in [5.41, 5.74) is 1.86. The molecule has 190 valence electrons. The zero-order valence-corrected chi connectivity index (χ0v) is 21.6. The number of nitrogens with zero attached hydrogens (tertiary/aromatic N) is 3. The fourth-order valence-corrected chi connectivity index (χ4v) is 8.76. The van der Waals surface area contributed by atoms with Crippen molar-refractivity contribution < 1.29 is 26.4 Å². The minimum atomic E-state index is -3.89. The van der Waals surface area contributed by atoms with E-state index in [1.165, 1.54) is 15.6 Å². The molecule has 11 heteroatoms. The number of sulfone groups is 1. The second-order valence-electron chi connectivity index (χ2n) is 10.0. The van der Waals surface area contributed by atoms with E-state index in [9.17, 15) is 21.6 Å². The molecule has 1 aromatic rings.